The van der Waals surface area contributed by atoms with Gasteiger partial charge >= 0.3 is 0 Å². The Morgan fingerprint density at radius 2 is 0.733 bits per heavy atom. The predicted octanol–water partition coefficient (Wildman–Crippen LogP) is 14.0. The lowest BCUT2D eigenvalue weighted by Crippen LogP contribution is -2.44. The molecule has 0 aliphatic rings. The minimum absolute atomic E-state index is 0.0706. The van der Waals surface area contributed by atoms with Gasteiger partial charge in [0.05, 0.1) is 0 Å². The first kappa shape index (κ1) is 43.6. The zero-order chi connectivity index (χ0) is 33.1. The van der Waals surface area contributed by atoms with E-state index in [4.69, 9.17) is 0 Å². The lowest BCUT2D eigenvalue weighted by Gasteiger charge is -2.29. The maximum Gasteiger partial charge on any atom is 0.229 e. The molecule has 3 nitrogen and oxygen atoms in total. The number of amides is 2. The van der Waals surface area contributed by atoms with Gasteiger partial charge in [-0.2, -0.15) is 0 Å². The third-order valence-electron chi connectivity index (χ3n) is 9.30. The van der Waals surface area contributed by atoms with Crippen LogP contribution in [0.15, 0.2) is 24.3 Å². The fourth-order valence-corrected chi connectivity index (χ4v) is 6.33. The molecule has 0 aliphatic carbocycles. The second kappa shape index (κ2) is 35.5. The van der Waals surface area contributed by atoms with Gasteiger partial charge in [-0.05, 0) is 77.0 Å². The van der Waals surface area contributed by atoms with Crippen LogP contribution in [0.25, 0.3) is 0 Å². The number of hydrogen-bond acceptors (Lipinski definition) is 2. The van der Waals surface area contributed by atoms with Crippen LogP contribution in [0.3, 0.4) is 0 Å². The van der Waals surface area contributed by atoms with Crippen molar-refractivity contribution in [2.75, 3.05) is 0 Å². The normalized spacial score (nSPS) is 12.4. The molecule has 2 amide bonds. The van der Waals surface area contributed by atoms with E-state index in [1.54, 1.807) is 4.90 Å². The Bertz CT molecular complexity index is 645. The van der Waals surface area contributed by atoms with Gasteiger partial charge in [0, 0.05) is 18.9 Å². The number of rotatable bonds is 34. The average Bonchev–Trinajstić information content (AvgIpc) is 3.04. The second-order valence-electron chi connectivity index (χ2n) is 13.7. The molecule has 0 radical (unpaired) electrons. The lowest BCUT2D eigenvalue weighted by molar-refractivity contribution is -0.148. The van der Waals surface area contributed by atoms with Crippen molar-refractivity contribution in [3.63, 3.8) is 0 Å². The summed E-state index contributed by atoms with van der Waals surface area (Å²) < 4.78 is 0. The van der Waals surface area contributed by atoms with Gasteiger partial charge in [-0.3, -0.25) is 14.5 Å². The third kappa shape index (κ3) is 28.6. The zero-order valence-electron chi connectivity index (χ0n) is 31.1. The summed E-state index contributed by atoms with van der Waals surface area (Å²) in [5.74, 6) is 0.149. The molecule has 45 heavy (non-hydrogen) atoms. The molecule has 0 saturated heterocycles. The van der Waals surface area contributed by atoms with Crippen LogP contribution < -0.4 is 0 Å². The molecule has 1 atom stereocenters. The first-order chi connectivity index (χ1) is 22.1. The maximum atomic E-state index is 13.2. The summed E-state index contributed by atoms with van der Waals surface area (Å²) in [6.07, 6.45) is 45.9. The average molecular weight is 630 g/mol. The molecule has 0 fully saturated rings. The second-order valence-corrected chi connectivity index (χ2v) is 13.7. The molecule has 0 saturated carbocycles. The number of allylic oxidation sites excluding steroid dienone is 4. The molecule has 0 aromatic carbocycles. The molecule has 0 aliphatic heterocycles. The number of imide groups is 1. The lowest BCUT2D eigenvalue weighted by atomic mass is 10.0. The van der Waals surface area contributed by atoms with Gasteiger partial charge in [-0.15, -0.1) is 0 Å². The van der Waals surface area contributed by atoms with Gasteiger partial charge in [0.25, 0.3) is 0 Å². The highest BCUT2D eigenvalue weighted by Crippen LogP contribution is 2.19. The van der Waals surface area contributed by atoms with Crippen LogP contribution >= 0.6 is 0 Å². The van der Waals surface area contributed by atoms with Crippen molar-refractivity contribution in [3.05, 3.63) is 24.3 Å². The van der Waals surface area contributed by atoms with E-state index in [1.807, 2.05) is 0 Å². The maximum absolute atomic E-state index is 13.2. The quantitative estimate of drug-likeness (QED) is 0.0524. The van der Waals surface area contributed by atoms with Crippen molar-refractivity contribution in [1.82, 2.24) is 4.90 Å². The number of hydrogen-bond donors (Lipinski definition) is 0. The van der Waals surface area contributed by atoms with Gasteiger partial charge in [-0.25, -0.2) is 0 Å². The van der Waals surface area contributed by atoms with Crippen LogP contribution in [0.4, 0.5) is 0 Å². The number of unbranched alkanes of at least 4 members (excludes halogenated alkanes) is 22. The summed E-state index contributed by atoms with van der Waals surface area (Å²) in [6.45, 7) is 8.83. The molecule has 1 unspecified atom stereocenters. The topological polar surface area (TPSA) is 37.4 Å². The molecule has 0 aromatic rings. The minimum atomic E-state index is 0.0706. The van der Waals surface area contributed by atoms with Crippen LogP contribution in [0.5, 0.6) is 0 Å². The molecule has 0 rings (SSSR count). The Kier molecular flexibility index (Phi) is 34.4. The smallest absolute Gasteiger partial charge is 0.229 e. The van der Waals surface area contributed by atoms with Crippen molar-refractivity contribution in [2.45, 2.75) is 233 Å². The van der Waals surface area contributed by atoms with Crippen LogP contribution in [0.1, 0.15) is 227 Å². The van der Waals surface area contributed by atoms with Crippen molar-refractivity contribution >= 4 is 11.8 Å². The van der Waals surface area contributed by atoms with Crippen molar-refractivity contribution < 1.29 is 9.59 Å². The van der Waals surface area contributed by atoms with Crippen LogP contribution in [-0.2, 0) is 9.59 Å². The summed E-state index contributed by atoms with van der Waals surface area (Å²) in [5.41, 5.74) is 0. The first-order valence-electron chi connectivity index (χ1n) is 20.3. The Morgan fingerprint density at radius 3 is 1.04 bits per heavy atom. The van der Waals surface area contributed by atoms with Crippen molar-refractivity contribution in [1.29, 1.82) is 0 Å². The van der Waals surface area contributed by atoms with E-state index in [0.717, 1.165) is 44.9 Å². The molecular formula is C42H79NO2. The SMILES string of the molecule is CCCCCCCCC=CCCCCCCCC(=O)N(C(=O)CCCCCCCC=CCCCCCCCC)C(CC)CCC. The minimum Gasteiger partial charge on any atom is -0.280 e. The molecular weight excluding hydrogens is 550 g/mol. The molecule has 0 bridgehead atoms. The van der Waals surface area contributed by atoms with Gasteiger partial charge in [0.15, 0.2) is 0 Å². The fraction of sp³-hybridized carbons (Fsp3) is 0.857. The Hall–Kier alpha value is -1.38. The van der Waals surface area contributed by atoms with Gasteiger partial charge in [0.1, 0.15) is 0 Å². The van der Waals surface area contributed by atoms with E-state index in [9.17, 15) is 9.59 Å². The molecule has 0 spiro atoms. The Labute approximate surface area is 282 Å². The summed E-state index contributed by atoms with van der Waals surface area (Å²) in [5, 5.41) is 0. The molecule has 3 heteroatoms. The van der Waals surface area contributed by atoms with Crippen LogP contribution in [0, 0.1) is 0 Å². The summed E-state index contributed by atoms with van der Waals surface area (Å²) in [7, 11) is 0. The fourth-order valence-electron chi connectivity index (χ4n) is 6.33. The van der Waals surface area contributed by atoms with Gasteiger partial charge in [-0.1, -0.05) is 161 Å². The van der Waals surface area contributed by atoms with Crippen LogP contribution in [-0.4, -0.2) is 22.8 Å². The summed E-state index contributed by atoms with van der Waals surface area (Å²) in [6, 6.07) is 0.0706. The van der Waals surface area contributed by atoms with Crippen molar-refractivity contribution in [2.24, 2.45) is 0 Å². The van der Waals surface area contributed by atoms with E-state index in [0.29, 0.717) is 12.8 Å². The largest absolute Gasteiger partial charge is 0.280 e. The van der Waals surface area contributed by atoms with Gasteiger partial charge < -0.3 is 0 Å². The van der Waals surface area contributed by atoms with E-state index in [1.165, 1.54) is 141 Å². The monoisotopic (exact) mass is 630 g/mol. The van der Waals surface area contributed by atoms with E-state index < -0.39 is 0 Å². The first-order valence-corrected chi connectivity index (χ1v) is 20.3. The molecule has 0 N–H and O–H groups in total. The summed E-state index contributed by atoms with van der Waals surface area (Å²) in [4.78, 5) is 28.2. The van der Waals surface area contributed by atoms with Gasteiger partial charge in [0.2, 0.25) is 11.8 Å². The van der Waals surface area contributed by atoms with E-state index >= 15 is 0 Å². The van der Waals surface area contributed by atoms with E-state index in [-0.39, 0.29) is 17.9 Å². The number of carbonyl (C=O) groups is 2. The standard InChI is InChI=1S/C42H79NO2/c1-5-9-11-13-15-17-19-21-23-25-27-29-31-33-35-38-41(44)43(40(8-4)37-7-3)42(45)39-36-34-32-30-28-26-24-22-20-18-16-14-12-10-6-2/h21-24,40H,5-20,25-39H2,1-4H3. The molecule has 0 heterocycles. The van der Waals surface area contributed by atoms with Crippen LogP contribution in [0.2, 0.25) is 0 Å². The van der Waals surface area contributed by atoms with Crippen molar-refractivity contribution in [3.8, 4) is 0 Å². The Morgan fingerprint density at radius 1 is 0.422 bits per heavy atom. The zero-order valence-corrected chi connectivity index (χ0v) is 31.1. The number of nitrogens with zero attached hydrogens (tertiary/aromatic N) is 1. The molecule has 0 aromatic heterocycles. The highest BCUT2D eigenvalue weighted by atomic mass is 16.2. The predicted molar refractivity (Wildman–Crippen MR) is 200 cm³/mol. The Balaban J connectivity index is 4.08. The highest BCUT2D eigenvalue weighted by molar-refractivity contribution is 5.95. The number of carbonyl (C=O) groups excluding carboxylic acids is 2. The molecule has 264 valence electrons. The van der Waals surface area contributed by atoms with E-state index in [2.05, 4.69) is 52.0 Å². The highest BCUT2D eigenvalue weighted by Gasteiger charge is 2.27. The third-order valence-corrected chi connectivity index (χ3v) is 9.30. The summed E-state index contributed by atoms with van der Waals surface area (Å²) >= 11 is 0.